The molecule has 1 heterocycles. The first kappa shape index (κ1) is 11.1. The maximum atomic E-state index is 5.90. The molecule has 1 N–H and O–H groups in total. The molecule has 0 aliphatic carbocycles. The SMILES string of the molecule is Clc1cc(Cl)cc(NCC2CCOC2)c1. The van der Waals surface area contributed by atoms with Gasteiger partial charge in [-0.25, -0.2) is 0 Å². The van der Waals surface area contributed by atoms with Crippen LogP contribution in [0, 0.1) is 5.92 Å². The molecule has 0 radical (unpaired) electrons. The number of ether oxygens (including phenoxy) is 1. The van der Waals surface area contributed by atoms with Gasteiger partial charge in [-0.3, -0.25) is 0 Å². The second-order valence-electron chi connectivity index (χ2n) is 3.77. The summed E-state index contributed by atoms with van der Waals surface area (Å²) in [5.41, 5.74) is 0.972. The summed E-state index contributed by atoms with van der Waals surface area (Å²) in [6, 6.07) is 5.49. The van der Waals surface area contributed by atoms with Crippen LogP contribution in [0.4, 0.5) is 5.69 Å². The van der Waals surface area contributed by atoms with Crippen molar-refractivity contribution in [3.63, 3.8) is 0 Å². The van der Waals surface area contributed by atoms with Gasteiger partial charge >= 0.3 is 0 Å². The molecule has 1 aromatic rings. The highest BCUT2D eigenvalue weighted by molar-refractivity contribution is 6.35. The van der Waals surface area contributed by atoms with Gasteiger partial charge in [0.15, 0.2) is 0 Å². The fraction of sp³-hybridized carbons (Fsp3) is 0.455. The Morgan fingerprint density at radius 3 is 2.60 bits per heavy atom. The van der Waals surface area contributed by atoms with Crippen molar-refractivity contribution in [2.24, 2.45) is 5.92 Å². The fourth-order valence-electron chi connectivity index (χ4n) is 1.66. The van der Waals surface area contributed by atoms with Crippen molar-refractivity contribution < 1.29 is 4.74 Å². The Balaban J connectivity index is 1.92. The van der Waals surface area contributed by atoms with Gasteiger partial charge < -0.3 is 10.1 Å². The van der Waals surface area contributed by atoms with Crippen molar-refractivity contribution in [1.29, 1.82) is 0 Å². The molecule has 1 saturated heterocycles. The van der Waals surface area contributed by atoms with E-state index in [1.165, 1.54) is 0 Å². The molecule has 4 heteroatoms. The lowest BCUT2D eigenvalue weighted by Crippen LogP contribution is -2.13. The summed E-state index contributed by atoms with van der Waals surface area (Å²) < 4.78 is 5.30. The van der Waals surface area contributed by atoms with Crippen LogP contribution in [0.2, 0.25) is 10.0 Å². The van der Waals surface area contributed by atoms with Crippen molar-refractivity contribution in [2.75, 3.05) is 25.1 Å². The molecule has 2 rings (SSSR count). The van der Waals surface area contributed by atoms with Crippen LogP contribution in [0.5, 0.6) is 0 Å². The van der Waals surface area contributed by atoms with Crippen molar-refractivity contribution >= 4 is 28.9 Å². The predicted molar refractivity (Wildman–Crippen MR) is 63.9 cm³/mol. The molecule has 1 aliphatic heterocycles. The third-order valence-electron chi connectivity index (χ3n) is 2.48. The van der Waals surface area contributed by atoms with Gasteiger partial charge in [0.1, 0.15) is 0 Å². The number of benzene rings is 1. The average Bonchev–Trinajstić information content (AvgIpc) is 2.65. The van der Waals surface area contributed by atoms with Crippen LogP contribution in [0.25, 0.3) is 0 Å². The molecule has 0 amide bonds. The first-order valence-electron chi connectivity index (χ1n) is 5.02. The van der Waals surface area contributed by atoms with E-state index in [1.807, 2.05) is 12.1 Å². The van der Waals surface area contributed by atoms with Crippen LogP contribution in [-0.4, -0.2) is 19.8 Å². The summed E-state index contributed by atoms with van der Waals surface area (Å²) in [5, 5.41) is 4.64. The van der Waals surface area contributed by atoms with Crippen molar-refractivity contribution in [2.45, 2.75) is 6.42 Å². The topological polar surface area (TPSA) is 21.3 Å². The van der Waals surface area contributed by atoms with Gasteiger partial charge in [0.05, 0.1) is 6.61 Å². The third kappa shape index (κ3) is 3.26. The number of hydrogen-bond acceptors (Lipinski definition) is 2. The highest BCUT2D eigenvalue weighted by atomic mass is 35.5. The number of rotatable bonds is 3. The lowest BCUT2D eigenvalue weighted by Gasteiger charge is -2.11. The number of halogens is 2. The van der Waals surface area contributed by atoms with E-state index in [-0.39, 0.29) is 0 Å². The molecule has 1 aromatic carbocycles. The highest BCUT2D eigenvalue weighted by Gasteiger charge is 2.14. The van der Waals surface area contributed by atoms with Crippen LogP contribution in [0.1, 0.15) is 6.42 Å². The monoisotopic (exact) mass is 245 g/mol. The van der Waals surface area contributed by atoms with E-state index >= 15 is 0 Å². The van der Waals surface area contributed by atoms with E-state index in [4.69, 9.17) is 27.9 Å². The van der Waals surface area contributed by atoms with Crippen molar-refractivity contribution in [1.82, 2.24) is 0 Å². The number of nitrogens with one attached hydrogen (secondary N) is 1. The molecule has 82 valence electrons. The maximum Gasteiger partial charge on any atom is 0.0511 e. The Hall–Kier alpha value is -0.440. The van der Waals surface area contributed by atoms with E-state index in [2.05, 4.69) is 5.32 Å². The molecule has 1 fully saturated rings. The minimum atomic E-state index is 0.600. The molecule has 0 saturated carbocycles. The quantitative estimate of drug-likeness (QED) is 0.881. The van der Waals surface area contributed by atoms with Gasteiger partial charge in [0, 0.05) is 34.8 Å². The van der Waals surface area contributed by atoms with Crippen molar-refractivity contribution in [3.8, 4) is 0 Å². The average molecular weight is 246 g/mol. The zero-order valence-electron chi connectivity index (χ0n) is 8.30. The highest BCUT2D eigenvalue weighted by Crippen LogP contribution is 2.23. The maximum absolute atomic E-state index is 5.90. The zero-order valence-corrected chi connectivity index (χ0v) is 9.81. The lowest BCUT2D eigenvalue weighted by molar-refractivity contribution is 0.187. The van der Waals surface area contributed by atoms with E-state index in [9.17, 15) is 0 Å². The van der Waals surface area contributed by atoms with Crippen LogP contribution < -0.4 is 5.32 Å². The van der Waals surface area contributed by atoms with E-state index < -0.39 is 0 Å². The number of anilines is 1. The smallest absolute Gasteiger partial charge is 0.0511 e. The Kier molecular flexibility index (Phi) is 3.73. The minimum absolute atomic E-state index is 0.600. The van der Waals surface area contributed by atoms with Crippen LogP contribution in [0.15, 0.2) is 18.2 Å². The van der Waals surface area contributed by atoms with Gasteiger partial charge in [-0.15, -0.1) is 0 Å². The van der Waals surface area contributed by atoms with Gasteiger partial charge in [-0.1, -0.05) is 23.2 Å². The van der Waals surface area contributed by atoms with Crippen LogP contribution >= 0.6 is 23.2 Å². The second-order valence-corrected chi connectivity index (χ2v) is 4.64. The summed E-state index contributed by atoms with van der Waals surface area (Å²) in [7, 11) is 0. The molecule has 0 aromatic heterocycles. The molecule has 15 heavy (non-hydrogen) atoms. The first-order chi connectivity index (χ1) is 7.24. The Morgan fingerprint density at radius 2 is 2.00 bits per heavy atom. The summed E-state index contributed by atoms with van der Waals surface area (Å²) in [4.78, 5) is 0. The van der Waals surface area contributed by atoms with E-state index in [1.54, 1.807) is 6.07 Å². The largest absolute Gasteiger partial charge is 0.385 e. The fourth-order valence-corrected chi connectivity index (χ4v) is 2.19. The molecule has 1 atom stereocenters. The lowest BCUT2D eigenvalue weighted by atomic mass is 10.1. The molecule has 1 aliphatic rings. The minimum Gasteiger partial charge on any atom is -0.385 e. The van der Waals surface area contributed by atoms with Crippen LogP contribution in [0.3, 0.4) is 0 Å². The predicted octanol–water partition coefficient (Wildman–Crippen LogP) is 3.44. The van der Waals surface area contributed by atoms with E-state index in [0.717, 1.165) is 31.9 Å². The Morgan fingerprint density at radius 1 is 1.27 bits per heavy atom. The molecular formula is C11H13Cl2NO. The first-order valence-corrected chi connectivity index (χ1v) is 5.77. The van der Waals surface area contributed by atoms with Gasteiger partial charge in [0.25, 0.3) is 0 Å². The van der Waals surface area contributed by atoms with Crippen molar-refractivity contribution in [3.05, 3.63) is 28.2 Å². The van der Waals surface area contributed by atoms with E-state index in [0.29, 0.717) is 16.0 Å². The Bertz CT molecular complexity index is 317. The van der Waals surface area contributed by atoms with Crippen LogP contribution in [-0.2, 0) is 4.74 Å². The van der Waals surface area contributed by atoms with Gasteiger partial charge in [-0.05, 0) is 24.6 Å². The normalized spacial score (nSPS) is 20.5. The van der Waals surface area contributed by atoms with Gasteiger partial charge in [-0.2, -0.15) is 0 Å². The molecule has 2 nitrogen and oxygen atoms in total. The standard InChI is InChI=1S/C11H13Cl2NO/c12-9-3-10(13)5-11(4-9)14-6-8-1-2-15-7-8/h3-5,8,14H,1-2,6-7H2. The molecular weight excluding hydrogens is 233 g/mol. The zero-order chi connectivity index (χ0) is 10.7. The number of hydrogen-bond donors (Lipinski definition) is 1. The molecule has 0 bridgehead atoms. The molecule has 1 unspecified atom stereocenters. The third-order valence-corrected chi connectivity index (χ3v) is 2.92. The summed E-state index contributed by atoms with van der Waals surface area (Å²) in [5.74, 6) is 0.600. The summed E-state index contributed by atoms with van der Waals surface area (Å²) in [6.45, 7) is 2.64. The summed E-state index contributed by atoms with van der Waals surface area (Å²) >= 11 is 11.8. The second kappa shape index (κ2) is 5.06. The van der Waals surface area contributed by atoms with Gasteiger partial charge in [0.2, 0.25) is 0 Å². The molecule has 0 spiro atoms. The Labute approximate surface area is 99.5 Å². The summed E-state index contributed by atoms with van der Waals surface area (Å²) in [6.07, 6.45) is 1.13.